The Morgan fingerprint density at radius 1 is 1.12 bits per heavy atom. The smallest absolute Gasteiger partial charge is 0.263 e. The molecule has 0 spiro atoms. The Hall–Kier alpha value is -2.09. The Bertz CT molecular complexity index is 1220. The lowest BCUT2D eigenvalue weighted by Crippen LogP contribution is -2.45. The van der Waals surface area contributed by atoms with E-state index in [4.69, 9.17) is 21.1 Å². The number of nitrogens with one attached hydrogen (secondary N) is 1. The van der Waals surface area contributed by atoms with Gasteiger partial charge in [0, 0.05) is 42.5 Å². The number of rotatable bonds is 5. The molecule has 1 aliphatic carbocycles. The normalized spacial score (nSPS) is 29.1. The number of benzene rings is 2. The Morgan fingerprint density at radius 3 is 2.70 bits per heavy atom. The van der Waals surface area contributed by atoms with Gasteiger partial charge in [-0.25, -0.2) is 4.21 Å². The summed E-state index contributed by atoms with van der Waals surface area (Å²) in [6.45, 7) is 6.63. The van der Waals surface area contributed by atoms with Gasteiger partial charge in [0.25, 0.3) is 5.91 Å². The summed E-state index contributed by atoms with van der Waals surface area (Å²) in [4.78, 5) is 15.6. The molecule has 1 saturated carbocycles. The van der Waals surface area contributed by atoms with E-state index in [9.17, 15) is 9.00 Å². The van der Waals surface area contributed by atoms with Crippen molar-refractivity contribution in [2.45, 2.75) is 70.8 Å². The van der Waals surface area contributed by atoms with E-state index < -0.39 is 11.0 Å². The number of amides is 1. The number of ether oxygens (including phenoxy) is 2. The number of methoxy groups -OCH3 is 1. The lowest BCUT2D eigenvalue weighted by Gasteiger charge is -2.45. The first-order chi connectivity index (χ1) is 19.4. The van der Waals surface area contributed by atoms with Gasteiger partial charge in [-0.2, -0.15) is 0 Å². The summed E-state index contributed by atoms with van der Waals surface area (Å²) in [5.41, 5.74) is 4.02. The summed E-state index contributed by atoms with van der Waals surface area (Å²) < 4.78 is 28.1. The van der Waals surface area contributed by atoms with Crippen molar-refractivity contribution in [1.29, 1.82) is 0 Å². The first kappa shape index (κ1) is 29.4. The molecule has 8 heteroatoms. The van der Waals surface area contributed by atoms with Crippen molar-refractivity contribution >= 4 is 34.2 Å². The molecule has 0 aromatic heterocycles. The zero-order valence-corrected chi connectivity index (χ0v) is 25.6. The number of fused-ring (bicyclic) bond motifs is 2. The molecule has 1 fully saturated rings. The fourth-order valence-electron chi connectivity index (χ4n) is 6.80. The molecule has 40 heavy (non-hydrogen) atoms. The molecule has 2 aliphatic heterocycles. The van der Waals surface area contributed by atoms with E-state index in [2.05, 4.69) is 35.6 Å². The summed E-state index contributed by atoms with van der Waals surface area (Å²) in [5.74, 6) is 2.53. The van der Waals surface area contributed by atoms with E-state index in [1.807, 2.05) is 25.3 Å². The highest BCUT2D eigenvalue weighted by Gasteiger charge is 2.40. The number of halogens is 1. The van der Waals surface area contributed by atoms with Crippen molar-refractivity contribution in [2.75, 3.05) is 37.5 Å². The molecule has 6 unspecified atom stereocenters. The van der Waals surface area contributed by atoms with Gasteiger partial charge >= 0.3 is 0 Å². The lowest BCUT2D eigenvalue weighted by molar-refractivity contribution is -0.0298. The second kappa shape index (κ2) is 13.3. The molecule has 218 valence electrons. The number of nitrogens with zero attached hydrogens (tertiary/aromatic N) is 1. The molecule has 5 rings (SSSR count). The van der Waals surface area contributed by atoms with Gasteiger partial charge in [0.2, 0.25) is 0 Å². The highest BCUT2D eigenvalue weighted by atomic mass is 35.5. The number of aryl methyl sites for hydroxylation is 1. The molecular formula is C32H43ClN2O4S. The van der Waals surface area contributed by atoms with Crippen LogP contribution in [-0.2, 0) is 22.1 Å². The summed E-state index contributed by atoms with van der Waals surface area (Å²) in [5, 5.41) is 0.764. The zero-order valence-electron chi connectivity index (χ0n) is 24.0. The van der Waals surface area contributed by atoms with Crippen LogP contribution in [0.15, 0.2) is 36.4 Å². The van der Waals surface area contributed by atoms with Gasteiger partial charge in [-0.3, -0.25) is 9.52 Å². The van der Waals surface area contributed by atoms with Crippen LogP contribution in [-0.4, -0.2) is 48.8 Å². The van der Waals surface area contributed by atoms with Crippen LogP contribution in [0.2, 0.25) is 5.02 Å². The molecule has 2 aromatic carbocycles. The highest BCUT2D eigenvalue weighted by Crippen LogP contribution is 2.44. The van der Waals surface area contributed by atoms with Gasteiger partial charge in [-0.15, -0.1) is 0 Å². The van der Waals surface area contributed by atoms with Crippen LogP contribution in [0, 0.1) is 17.8 Å². The van der Waals surface area contributed by atoms with Crippen molar-refractivity contribution in [3.05, 3.63) is 58.1 Å². The van der Waals surface area contributed by atoms with Gasteiger partial charge in [0.05, 0.1) is 18.4 Å². The third-order valence-corrected chi connectivity index (χ3v) is 10.5. The zero-order chi connectivity index (χ0) is 28.2. The van der Waals surface area contributed by atoms with E-state index >= 15 is 0 Å². The second-order valence-corrected chi connectivity index (χ2v) is 13.5. The molecule has 2 heterocycles. The quantitative estimate of drug-likeness (QED) is 0.431. The van der Waals surface area contributed by atoms with Crippen LogP contribution < -0.4 is 14.4 Å². The average Bonchev–Trinajstić information content (AvgIpc) is 3.11. The molecule has 0 radical (unpaired) electrons. The molecule has 6 atom stereocenters. The minimum absolute atomic E-state index is 0.166. The topological polar surface area (TPSA) is 67.9 Å². The van der Waals surface area contributed by atoms with Crippen LogP contribution in [0.25, 0.3) is 0 Å². The van der Waals surface area contributed by atoms with Gasteiger partial charge in [-0.1, -0.05) is 44.4 Å². The molecule has 6 nitrogen and oxygen atoms in total. The monoisotopic (exact) mass is 586 g/mol. The predicted molar refractivity (Wildman–Crippen MR) is 163 cm³/mol. The Kier molecular flexibility index (Phi) is 9.75. The van der Waals surface area contributed by atoms with Crippen molar-refractivity contribution in [3.63, 3.8) is 0 Å². The van der Waals surface area contributed by atoms with E-state index in [-0.39, 0.29) is 17.9 Å². The average molecular weight is 587 g/mol. The van der Waals surface area contributed by atoms with E-state index in [1.54, 1.807) is 6.07 Å². The van der Waals surface area contributed by atoms with Crippen molar-refractivity contribution in [3.8, 4) is 5.75 Å². The maximum absolute atomic E-state index is 13.2. The molecule has 1 amide bonds. The number of carbonyl (C=O) groups excluding carboxylic acids is 1. The lowest BCUT2D eigenvalue weighted by atomic mass is 9.68. The van der Waals surface area contributed by atoms with Crippen molar-refractivity contribution in [1.82, 2.24) is 4.72 Å². The largest absolute Gasteiger partial charge is 0.491 e. The predicted octanol–water partition coefficient (Wildman–Crippen LogP) is 6.53. The van der Waals surface area contributed by atoms with Crippen molar-refractivity contribution < 1.29 is 18.5 Å². The maximum Gasteiger partial charge on any atom is 0.263 e. The second-order valence-electron chi connectivity index (χ2n) is 11.7. The van der Waals surface area contributed by atoms with E-state index in [1.165, 1.54) is 24.0 Å². The molecular weight excluding hydrogens is 544 g/mol. The van der Waals surface area contributed by atoms with Crippen LogP contribution in [0.3, 0.4) is 0 Å². The Balaban J connectivity index is 1.52. The van der Waals surface area contributed by atoms with E-state index in [0.717, 1.165) is 61.7 Å². The third kappa shape index (κ3) is 6.52. The molecule has 2 bridgehead atoms. The standard InChI is InChI=1S/C32H43ClN2O4S/c1-4-6-22-16-26(33)9-11-27(22)25-19-35-18-24-7-10-28(24)31(38-3)15-21(5-2)13-14-40(37)34-32(36)23-8-12-30(39-20-25)29(35)17-23/h8-9,11-12,16-17,21,24-25,28,31H,4-7,10,13-15,18-20H2,1-3H3,(H,34,36). The summed E-state index contributed by atoms with van der Waals surface area (Å²) in [7, 11) is 0.415. The van der Waals surface area contributed by atoms with E-state index in [0.29, 0.717) is 35.7 Å². The number of carbonyl (C=O) groups is 1. The summed E-state index contributed by atoms with van der Waals surface area (Å²) >= 11 is 6.40. The molecule has 0 saturated heterocycles. The van der Waals surface area contributed by atoms with Crippen LogP contribution in [0.1, 0.15) is 79.8 Å². The molecule has 1 N–H and O–H groups in total. The third-order valence-electron chi connectivity index (χ3n) is 9.28. The first-order valence-electron chi connectivity index (χ1n) is 14.9. The first-order valence-corrected chi connectivity index (χ1v) is 16.6. The summed E-state index contributed by atoms with van der Waals surface area (Å²) in [6, 6.07) is 11.9. The fourth-order valence-corrected chi connectivity index (χ4v) is 7.97. The Labute approximate surface area is 246 Å². The Morgan fingerprint density at radius 2 is 1.98 bits per heavy atom. The minimum atomic E-state index is -1.42. The minimum Gasteiger partial charge on any atom is -0.491 e. The fraction of sp³-hybridized carbons (Fsp3) is 0.594. The number of hydrogen-bond acceptors (Lipinski definition) is 5. The maximum atomic E-state index is 13.2. The van der Waals surface area contributed by atoms with Crippen LogP contribution in [0.5, 0.6) is 5.75 Å². The van der Waals surface area contributed by atoms with Gasteiger partial charge < -0.3 is 14.4 Å². The highest BCUT2D eigenvalue weighted by molar-refractivity contribution is 7.83. The van der Waals surface area contributed by atoms with Gasteiger partial charge in [0.1, 0.15) is 16.7 Å². The van der Waals surface area contributed by atoms with Crippen LogP contribution >= 0.6 is 11.6 Å². The SMILES string of the molecule is CCCc1cc(Cl)ccc1C1COc2ccc3cc2N(C1)CC1CCC1C(OC)CC(CC)CCS(=O)NC3=O. The van der Waals surface area contributed by atoms with Gasteiger partial charge in [-0.05, 0) is 91.3 Å². The molecule has 2 aromatic rings. The van der Waals surface area contributed by atoms with Crippen LogP contribution in [0.4, 0.5) is 5.69 Å². The van der Waals surface area contributed by atoms with Gasteiger partial charge in [0.15, 0.2) is 0 Å². The van der Waals surface area contributed by atoms with Crippen molar-refractivity contribution in [2.24, 2.45) is 17.8 Å². The summed E-state index contributed by atoms with van der Waals surface area (Å²) in [6.07, 6.45) is 7.34. The molecule has 3 aliphatic rings. The number of anilines is 1. The number of hydrogen-bond donors (Lipinski definition) is 1.